The SMILES string of the molecule is CN(Cc1ccccc1)CC(O)CN1CCC(CN2CCCCC2)C1. The van der Waals surface area contributed by atoms with E-state index in [1.165, 1.54) is 50.9 Å². The third-order valence-electron chi connectivity index (χ3n) is 5.62. The van der Waals surface area contributed by atoms with Crippen LogP contribution in [0.15, 0.2) is 30.3 Å². The fourth-order valence-corrected chi connectivity index (χ4v) is 4.41. The molecule has 2 atom stereocenters. The molecule has 0 bridgehead atoms. The lowest BCUT2D eigenvalue weighted by atomic mass is 10.1. The van der Waals surface area contributed by atoms with Gasteiger partial charge in [0.2, 0.25) is 0 Å². The summed E-state index contributed by atoms with van der Waals surface area (Å²) >= 11 is 0. The molecule has 0 spiro atoms. The second kappa shape index (κ2) is 9.67. The number of benzene rings is 1. The Balaban J connectivity index is 1.34. The van der Waals surface area contributed by atoms with Gasteiger partial charge in [-0.05, 0) is 57.4 Å². The van der Waals surface area contributed by atoms with Crippen molar-refractivity contribution in [2.45, 2.75) is 38.3 Å². The van der Waals surface area contributed by atoms with E-state index in [2.05, 4.69) is 46.0 Å². The maximum Gasteiger partial charge on any atom is 0.0793 e. The normalized spacial score (nSPS) is 24.0. The van der Waals surface area contributed by atoms with Crippen LogP contribution >= 0.6 is 0 Å². The molecule has 1 N–H and O–H groups in total. The summed E-state index contributed by atoms with van der Waals surface area (Å²) in [7, 11) is 2.10. The van der Waals surface area contributed by atoms with Crippen molar-refractivity contribution >= 4 is 0 Å². The quantitative estimate of drug-likeness (QED) is 0.783. The van der Waals surface area contributed by atoms with E-state index in [1.54, 1.807) is 0 Å². The highest BCUT2D eigenvalue weighted by Gasteiger charge is 2.26. The van der Waals surface area contributed by atoms with Gasteiger partial charge in [-0.2, -0.15) is 0 Å². The van der Waals surface area contributed by atoms with Gasteiger partial charge in [0.1, 0.15) is 0 Å². The fourth-order valence-electron chi connectivity index (χ4n) is 4.41. The van der Waals surface area contributed by atoms with Gasteiger partial charge in [-0.1, -0.05) is 36.8 Å². The zero-order valence-electron chi connectivity index (χ0n) is 15.8. The third kappa shape index (κ3) is 6.37. The van der Waals surface area contributed by atoms with Gasteiger partial charge in [-0.25, -0.2) is 0 Å². The Hall–Kier alpha value is -0.940. The molecule has 2 fully saturated rings. The summed E-state index contributed by atoms with van der Waals surface area (Å²) in [5.74, 6) is 0.798. The molecule has 25 heavy (non-hydrogen) atoms. The number of β-amino-alcohol motifs (C(OH)–C–C–N with tert-alkyl or cyclic N) is 1. The van der Waals surface area contributed by atoms with E-state index in [4.69, 9.17) is 0 Å². The number of hydrogen-bond donors (Lipinski definition) is 1. The van der Waals surface area contributed by atoms with E-state index in [0.29, 0.717) is 0 Å². The largest absolute Gasteiger partial charge is 0.390 e. The minimum Gasteiger partial charge on any atom is -0.390 e. The van der Waals surface area contributed by atoms with Crippen LogP contribution in [-0.2, 0) is 6.54 Å². The Bertz CT molecular complexity index is 489. The topological polar surface area (TPSA) is 30.0 Å². The van der Waals surface area contributed by atoms with Crippen molar-refractivity contribution in [1.82, 2.24) is 14.7 Å². The lowest BCUT2D eigenvalue weighted by Gasteiger charge is -2.29. The number of aliphatic hydroxyl groups excluding tert-OH is 1. The summed E-state index contributed by atoms with van der Waals surface area (Å²) in [6, 6.07) is 10.5. The van der Waals surface area contributed by atoms with Crippen molar-refractivity contribution in [3.8, 4) is 0 Å². The Morgan fingerprint density at radius 2 is 1.84 bits per heavy atom. The zero-order valence-corrected chi connectivity index (χ0v) is 15.8. The van der Waals surface area contributed by atoms with Gasteiger partial charge in [-0.15, -0.1) is 0 Å². The Kier molecular flexibility index (Phi) is 7.29. The number of piperidine rings is 1. The molecule has 2 unspecified atom stereocenters. The second-order valence-corrected chi connectivity index (χ2v) is 8.11. The molecule has 0 amide bonds. The monoisotopic (exact) mass is 345 g/mol. The highest BCUT2D eigenvalue weighted by atomic mass is 16.3. The molecule has 4 nitrogen and oxygen atoms in total. The van der Waals surface area contributed by atoms with Crippen LogP contribution in [-0.4, -0.2) is 78.8 Å². The molecule has 3 rings (SSSR count). The molecule has 140 valence electrons. The van der Waals surface area contributed by atoms with E-state index in [9.17, 15) is 5.11 Å². The molecule has 1 aromatic carbocycles. The van der Waals surface area contributed by atoms with Crippen LogP contribution in [0.1, 0.15) is 31.2 Å². The molecular formula is C21H35N3O. The van der Waals surface area contributed by atoms with Crippen LogP contribution in [0.25, 0.3) is 0 Å². The molecule has 0 aliphatic carbocycles. The summed E-state index contributed by atoms with van der Waals surface area (Å²) in [6.45, 7) is 8.62. The summed E-state index contributed by atoms with van der Waals surface area (Å²) in [4.78, 5) is 7.35. The molecule has 2 aliphatic rings. The predicted molar refractivity (Wildman–Crippen MR) is 104 cm³/mol. The minimum absolute atomic E-state index is 0.262. The Labute approximate surface area is 153 Å². The summed E-state index contributed by atoms with van der Waals surface area (Å²) in [5, 5.41) is 10.5. The number of rotatable bonds is 8. The van der Waals surface area contributed by atoms with Gasteiger partial charge in [0.15, 0.2) is 0 Å². The average molecular weight is 346 g/mol. The van der Waals surface area contributed by atoms with E-state index in [1.807, 2.05) is 6.07 Å². The predicted octanol–water partition coefficient (Wildman–Crippen LogP) is 2.29. The van der Waals surface area contributed by atoms with Crippen molar-refractivity contribution in [3.05, 3.63) is 35.9 Å². The molecule has 2 saturated heterocycles. The van der Waals surface area contributed by atoms with Gasteiger partial charge in [0, 0.05) is 32.7 Å². The second-order valence-electron chi connectivity index (χ2n) is 8.11. The number of hydrogen-bond acceptors (Lipinski definition) is 4. The highest BCUT2D eigenvalue weighted by Crippen LogP contribution is 2.20. The number of likely N-dealkylation sites (N-methyl/N-ethyl adjacent to an activating group) is 1. The molecule has 0 aromatic heterocycles. The smallest absolute Gasteiger partial charge is 0.0793 e. The van der Waals surface area contributed by atoms with Crippen molar-refractivity contribution in [1.29, 1.82) is 0 Å². The van der Waals surface area contributed by atoms with Crippen LogP contribution < -0.4 is 0 Å². The van der Waals surface area contributed by atoms with E-state index >= 15 is 0 Å². The maximum atomic E-state index is 10.5. The van der Waals surface area contributed by atoms with Crippen molar-refractivity contribution in [3.63, 3.8) is 0 Å². The molecule has 0 saturated carbocycles. The standard InChI is InChI=1S/C21H35N3O/c1-22(14-19-8-4-2-5-9-19)17-21(25)18-24-13-10-20(16-24)15-23-11-6-3-7-12-23/h2,4-5,8-9,20-21,25H,3,6-7,10-18H2,1H3. The number of nitrogens with zero attached hydrogens (tertiary/aromatic N) is 3. The van der Waals surface area contributed by atoms with E-state index < -0.39 is 0 Å². The average Bonchev–Trinajstić information content (AvgIpc) is 3.03. The van der Waals surface area contributed by atoms with Gasteiger partial charge in [-0.3, -0.25) is 4.90 Å². The van der Waals surface area contributed by atoms with Crippen molar-refractivity contribution in [2.24, 2.45) is 5.92 Å². The third-order valence-corrected chi connectivity index (χ3v) is 5.62. The zero-order chi connectivity index (χ0) is 17.5. The lowest BCUT2D eigenvalue weighted by Crippen LogP contribution is -2.39. The maximum absolute atomic E-state index is 10.5. The number of aliphatic hydroxyl groups is 1. The summed E-state index contributed by atoms with van der Waals surface area (Å²) in [6.07, 6.45) is 5.20. The first-order valence-electron chi connectivity index (χ1n) is 10.0. The van der Waals surface area contributed by atoms with Gasteiger partial charge < -0.3 is 14.9 Å². The van der Waals surface area contributed by atoms with Crippen LogP contribution in [0.4, 0.5) is 0 Å². The lowest BCUT2D eigenvalue weighted by molar-refractivity contribution is 0.0859. The molecule has 1 aromatic rings. The van der Waals surface area contributed by atoms with Gasteiger partial charge in [0.05, 0.1) is 6.10 Å². The van der Waals surface area contributed by atoms with Crippen LogP contribution in [0.2, 0.25) is 0 Å². The first-order valence-corrected chi connectivity index (χ1v) is 10.0. The van der Waals surface area contributed by atoms with Crippen LogP contribution in [0.3, 0.4) is 0 Å². The molecular weight excluding hydrogens is 310 g/mol. The Morgan fingerprint density at radius 3 is 2.60 bits per heavy atom. The Morgan fingerprint density at radius 1 is 1.08 bits per heavy atom. The van der Waals surface area contributed by atoms with Gasteiger partial charge >= 0.3 is 0 Å². The van der Waals surface area contributed by atoms with Crippen molar-refractivity contribution < 1.29 is 5.11 Å². The van der Waals surface area contributed by atoms with E-state index in [0.717, 1.165) is 38.6 Å². The van der Waals surface area contributed by atoms with Crippen LogP contribution in [0, 0.1) is 5.92 Å². The molecule has 4 heteroatoms. The summed E-state index contributed by atoms with van der Waals surface area (Å²) < 4.78 is 0. The van der Waals surface area contributed by atoms with E-state index in [-0.39, 0.29) is 6.10 Å². The van der Waals surface area contributed by atoms with Gasteiger partial charge in [0.25, 0.3) is 0 Å². The molecule has 2 heterocycles. The highest BCUT2D eigenvalue weighted by molar-refractivity contribution is 5.14. The summed E-state index contributed by atoms with van der Waals surface area (Å²) in [5.41, 5.74) is 1.31. The molecule has 2 aliphatic heterocycles. The minimum atomic E-state index is -0.262. The van der Waals surface area contributed by atoms with Crippen molar-refractivity contribution in [2.75, 3.05) is 52.9 Å². The molecule has 0 radical (unpaired) electrons. The first-order chi connectivity index (χ1) is 12.2. The first kappa shape index (κ1) is 18.8. The number of likely N-dealkylation sites (tertiary alicyclic amines) is 2. The fraction of sp³-hybridized carbons (Fsp3) is 0.714. The van der Waals surface area contributed by atoms with Crippen LogP contribution in [0.5, 0.6) is 0 Å².